The van der Waals surface area contributed by atoms with Crippen molar-refractivity contribution in [1.29, 1.82) is 0 Å². The number of hydrogen-bond acceptors (Lipinski definition) is 3. The molecule has 20 heavy (non-hydrogen) atoms. The van der Waals surface area contributed by atoms with Crippen molar-refractivity contribution in [3.63, 3.8) is 0 Å². The molecule has 0 aliphatic rings. The standard InChI is InChI=1S/C17H29NO2/c1-13(2)7-6-8-14(3)18-12-15-9-10-16(19-4)11-17(15)20-5/h9-11,13-14,18H,6-8,12H2,1-5H3. The van der Waals surface area contributed by atoms with E-state index in [4.69, 9.17) is 9.47 Å². The molecule has 1 rings (SSSR count). The van der Waals surface area contributed by atoms with Gasteiger partial charge in [-0.15, -0.1) is 0 Å². The summed E-state index contributed by atoms with van der Waals surface area (Å²) >= 11 is 0. The zero-order valence-electron chi connectivity index (χ0n) is 13.5. The Labute approximate surface area is 123 Å². The lowest BCUT2D eigenvalue weighted by Crippen LogP contribution is -2.25. The first-order valence-electron chi connectivity index (χ1n) is 7.51. The van der Waals surface area contributed by atoms with E-state index >= 15 is 0 Å². The average Bonchev–Trinajstić information content (AvgIpc) is 2.44. The van der Waals surface area contributed by atoms with E-state index in [-0.39, 0.29) is 0 Å². The van der Waals surface area contributed by atoms with Gasteiger partial charge in [-0.3, -0.25) is 0 Å². The minimum absolute atomic E-state index is 0.528. The fourth-order valence-corrected chi connectivity index (χ4v) is 2.22. The van der Waals surface area contributed by atoms with Crippen molar-refractivity contribution < 1.29 is 9.47 Å². The molecule has 0 heterocycles. The third-order valence-electron chi connectivity index (χ3n) is 3.55. The summed E-state index contributed by atoms with van der Waals surface area (Å²) in [5.74, 6) is 2.51. The van der Waals surface area contributed by atoms with Crippen molar-refractivity contribution in [1.82, 2.24) is 5.32 Å². The minimum Gasteiger partial charge on any atom is -0.497 e. The molecule has 0 aromatic heterocycles. The van der Waals surface area contributed by atoms with Crippen LogP contribution in [0.3, 0.4) is 0 Å². The van der Waals surface area contributed by atoms with Crippen LogP contribution >= 0.6 is 0 Å². The highest BCUT2D eigenvalue weighted by Crippen LogP contribution is 2.24. The monoisotopic (exact) mass is 279 g/mol. The number of benzene rings is 1. The maximum absolute atomic E-state index is 5.41. The second-order valence-electron chi connectivity index (χ2n) is 5.78. The summed E-state index contributed by atoms with van der Waals surface area (Å²) in [5, 5.41) is 3.56. The summed E-state index contributed by atoms with van der Waals surface area (Å²) in [5.41, 5.74) is 1.17. The van der Waals surface area contributed by atoms with Gasteiger partial charge in [0, 0.05) is 24.2 Å². The van der Waals surface area contributed by atoms with Crippen molar-refractivity contribution in [2.45, 2.75) is 52.6 Å². The zero-order valence-corrected chi connectivity index (χ0v) is 13.5. The van der Waals surface area contributed by atoms with Crippen LogP contribution in [0.4, 0.5) is 0 Å². The molecule has 3 heteroatoms. The third kappa shape index (κ3) is 5.83. The summed E-state index contributed by atoms with van der Waals surface area (Å²) in [6, 6.07) is 6.50. The molecule has 114 valence electrons. The van der Waals surface area contributed by atoms with E-state index in [1.165, 1.54) is 24.8 Å². The molecule has 1 aromatic rings. The van der Waals surface area contributed by atoms with Gasteiger partial charge >= 0.3 is 0 Å². The SMILES string of the molecule is COc1ccc(CNC(C)CCCC(C)C)c(OC)c1. The number of hydrogen-bond donors (Lipinski definition) is 1. The fourth-order valence-electron chi connectivity index (χ4n) is 2.22. The molecule has 0 spiro atoms. The quantitative estimate of drug-likeness (QED) is 0.741. The molecule has 1 aromatic carbocycles. The lowest BCUT2D eigenvalue weighted by atomic mass is 10.0. The van der Waals surface area contributed by atoms with Gasteiger partial charge in [0.05, 0.1) is 14.2 Å². The highest BCUT2D eigenvalue weighted by atomic mass is 16.5. The van der Waals surface area contributed by atoms with E-state index in [0.717, 1.165) is 24.0 Å². The summed E-state index contributed by atoms with van der Waals surface area (Å²) in [6.45, 7) is 7.63. The van der Waals surface area contributed by atoms with Crippen LogP contribution in [0.25, 0.3) is 0 Å². The van der Waals surface area contributed by atoms with Gasteiger partial charge < -0.3 is 14.8 Å². The van der Waals surface area contributed by atoms with Crippen LogP contribution in [0.1, 0.15) is 45.6 Å². The van der Waals surface area contributed by atoms with E-state index in [1.54, 1.807) is 14.2 Å². The van der Waals surface area contributed by atoms with Crippen molar-refractivity contribution in [3.05, 3.63) is 23.8 Å². The number of rotatable bonds is 9. The Balaban J connectivity index is 2.44. The minimum atomic E-state index is 0.528. The van der Waals surface area contributed by atoms with Crippen LogP contribution in [0.5, 0.6) is 11.5 Å². The number of methoxy groups -OCH3 is 2. The maximum atomic E-state index is 5.41. The molecular formula is C17H29NO2. The summed E-state index contributed by atoms with van der Waals surface area (Å²) < 4.78 is 10.6. The highest BCUT2D eigenvalue weighted by molar-refractivity contribution is 5.40. The molecule has 1 unspecified atom stereocenters. The first-order chi connectivity index (χ1) is 9.56. The van der Waals surface area contributed by atoms with E-state index in [1.807, 2.05) is 12.1 Å². The van der Waals surface area contributed by atoms with Crippen molar-refractivity contribution in [3.8, 4) is 11.5 Å². The Morgan fingerprint density at radius 1 is 1.05 bits per heavy atom. The van der Waals surface area contributed by atoms with Crippen LogP contribution < -0.4 is 14.8 Å². The van der Waals surface area contributed by atoms with Gasteiger partial charge in [-0.1, -0.05) is 32.8 Å². The molecule has 1 N–H and O–H groups in total. The Kier molecular flexibility index (Phi) is 7.45. The molecule has 0 saturated heterocycles. The van der Waals surface area contributed by atoms with Crippen molar-refractivity contribution in [2.75, 3.05) is 14.2 Å². The normalized spacial score (nSPS) is 12.5. The third-order valence-corrected chi connectivity index (χ3v) is 3.55. The molecule has 0 aliphatic carbocycles. The molecule has 0 aliphatic heterocycles. The fraction of sp³-hybridized carbons (Fsp3) is 0.647. The Bertz CT molecular complexity index is 391. The number of nitrogens with one attached hydrogen (secondary N) is 1. The van der Waals surface area contributed by atoms with Gasteiger partial charge in [-0.2, -0.15) is 0 Å². The smallest absolute Gasteiger partial charge is 0.127 e. The Morgan fingerprint density at radius 2 is 1.80 bits per heavy atom. The van der Waals surface area contributed by atoms with Gasteiger partial charge in [0.1, 0.15) is 11.5 Å². The molecule has 0 saturated carbocycles. The van der Waals surface area contributed by atoms with Crippen LogP contribution in [-0.2, 0) is 6.54 Å². The molecule has 0 bridgehead atoms. The van der Waals surface area contributed by atoms with E-state index in [0.29, 0.717) is 6.04 Å². The maximum Gasteiger partial charge on any atom is 0.127 e. The Hall–Kier alpha value is -1.22. The lowest BCUT2D eigenvalue weighted by Gasteiger charge is -2.16. The van der Waals surface area contributed by atoms with E-state index in [9.17, 15) is 0 Å². The topological polar surface area (TPSA) is 30.5 Å². The van der Waals surface area contributed by atoms with Gasteiger partial charge in [-0.25, -0.2) is 0 Å². The van der Waals surface area contributed by atoms with Gasteiger partial charge in [0.25, 0.3) is 0 Å². The molecule has 1 atom stereocenters. The van der Waals surface area contributed by atoms with Crippen LogP contribution in [0.2, 0.25) is 0 Å². The van der Waals surface area contributed by atoms with Crippen molar-refractivity contribution >= 4 is 0 Å². The molecule has 3 nitrogen and oxygen atoms in total. The lowest BCUT2D eigenvalue weighted by molar-refractivity contribution is 0.387. The van der Waals surface area contributed by atoms with Crippen LogP contribution in [0.15, 0.2) is 18.2 Å². The predicted molar refractivity (Wildman–Crippen MR) is 84.5 cm³/mol. The zero-order chi connectivity index (χ0) is 15.0. The van der Waals surface area contributed by atoms with Gasteiger partial charge in [-0.05, 0) is 25.3 Å². The summed E-state index contributed by atoms with van der Waals surface area (Å²) in [6.07, 6.45) is 3.81. The first kappa shape index (κ1) is 16.8. The molecule has 0 amide bonds. The van der Waals surface area contributed by atoms with Gasteiger partial charge in [0.2, 0.25) is 0 Å². The first-order valence-corrected chi connectivity index (χ1v) is 7.51. The Morgan fingerprint density at radius 3 is 2.40 bits per heavy atom. The second kappa shape index (κ2) is 8.85. The van der Waals surface area contributed by atoms with Crippen molar-refractivity contribution in [2.24, 2.45) is 5.92 Å². The molecular weight excluding hydrogens is 250 g/mol. The molecule has 0 fully saturated rings. The van der Waals surface area contributed by atoms with E-state index in [2.05, 4.69) is 32.2 Å². The highest BCUT2D eigenvalue weighted by Gasteiger charge is 2.07. The number of ether oxygens (including phenoxy) is 2. The van der Waals surface area contributed by atoms with E-state index < -0.39 is 0 Å². The van der Waals surface area contributed by atoms with Gasteiger partial charge in [0.15, 0.2) is 0 Å². The van der Waals surface area contributed by atoms with Crippen LogP contribution in [-0.4, -0.2) is 20.3 Å². The summed E-state index contributed by atoms with van der Waals surface area (Å²) in [7, 11) is 3.37. The van der Waals surface area contributed by atoms with Crippen LogP contribution in [0, 0.1) is 5.92 Å². The molecule has 0 radical (unpaired) electrons. The summed E-state index contributed by atoms with van der Waals surface area (Å²) in [4.78, 5) is 0. The average molecular weight is 279 g/mol. The largest absolute Gasteiger partial charge is 0.497 e. The second-order valence-corrected chi connectivity index (χ2v) is 5.78. The predicted octanol–water partition coefficient (Wildman–Crippen LogP) is 4.01.